The Morgan fingerprint density at radius 1 is 1.31 bits per heavy atom. The molecule has 0 bridgehead atoms. The van der Waals surface area contributed by atoms with E-state index in [0.717, 1.165) is 16.1 Å². The van der Waals surface area contributed by atoms with Gasteiger partial charge >= 0.3 is 0 Å². The zero-order chi connectivity index (χ0) is 11.7. The van der Waals surface area contributed by atoms with Gasteiger partial charge in [-0.25, -0.2) is 4.98 Å². The van der Waals surface area contributed by atoms with E-state index in [9.17, 15) is 0 Å². The average molecular weight is 273 g/mol. The smallest absolute Gasteiger partial charge is 0.180 e. The Morgan fingerprint density at radius 2 is 1.94 bits per heavy atom. The number of halogens is 2. The van der Waals surface area contributed by atoms with Crippen molar-refractivity contribution in [3.05, 3.63) is 44.4 Å². The first-order valence-corrected chi connectivity index (χ1v) is 6.30. The fourth-order valence-electron chi connectivity index (χ4n) is 1.48. The predicted molar refractivity (Wildman–Crippen MR) is 70.5 cm³/mol. The summed E-state index contributed by atoms with van der Waals surface area (Å²) in [7, 11) is 0. The van der Waals surface area contributed by atoms with Crippen molar-refractivity contribution in [2.45, 2.75) is 13.3 Å². The molecule has 16 heavy (non-hydrogen) atoms. The van der Waals surface area contributed by atoms with Gasteiger partial charge in [-0.3, -0.25) is 0 Å². The van der Waals surface area contributed by atoms with Crippen LogP contribution in [0, 0.1) is 6.92 Å². The van der Waals surface area contributed by atoms with Crippen LogP contribution in [0.5, 0.6) is 0 Å². The molecule has 0 saturated carbocycles. The molecule has 0 amide bonds. The standard InChI is InChI=1S/C11H10Cl2N2S/c1-6-10(16-11(14)15-6)5-7-8(12)3-2-4-9(7)13/h2-4H,5H2,1H3,(H2,14,15). The van der Waals surface area contributed by atoms with E-state index in [4.69, 9.17) is 28.9 Å². The molecule has 84 valence electrons. The number of rotatable bonds is 2. The minimum atomic E-state index is 0.579. The number of thiazole rings is 1. The average Bonchev–Trinajstić information content (AvgIpc) is 2.51. The van der Waals surface area contributed by atoms with Gasteiger partial charge in [0, 0.05) is 21.3 Å². The highest BCUT2D eigenvalue weighted by Gasteiger charge is 2.11. The summed E-state index contributed by atoms with van der Waals surface area (Å²) in [6.07, 6.45) is 0.680. The SMILES string of the molecule is Cc1nc(N)sc1Cc1c(Cl)cccc1Cl. The third-order valence-electron chi connectivity index (χ3n) is 2.31. The molecule has 0 spiro atoms. The number of aryl methyl sites for hydroxylation is 1. The second kappa shape index (κ2) is 4.62. The van der Waals surface area contributed by atoms with E-state index >= 15 is 0 Å². The van der Waals surface area contributed by atoms with Crippen LogP contribution in [0.2, 0.25) is 10.0 Å². The van der Waals surface area contributed by atoms with Crippen LogP contribution < -0.4 is 5.73 Å². The number of benzene rings is 1. The van der Waals surface area contributed by atoms with Crippen molar-refractivity contribution in [2.75, 3.05) is 5.73 Å². The van der Waals surface area contributed by atoms with E-state index in [-0.39, 0.29) is 0 Å². The Bertz CT molecular complexity index is 502. The summed E-state index contributed by atoms with van der Waals surface area (Å²) in [5, 5.41) is 1.94. The largest absolute Gasteiger partial charge is 0.375 e. The topological polar surface area (TPSA) is 38.9 Å². The number of anilines is 1. The lowest BCUT2D eigenvalue weighted by atomic mass is 10.1. The fourth-order valence-corrected chi connectivity index (χ4v) is 2.85. The molecule has 2 aromatic rings. The third-order valence-corrected chi connectivity index (χ3v) is 4.00. The molecule has 0 aliphatic heterocycles. The first-order valence-electron chi connectivity index (χ1n) is 4.72. The molecule has 0 atom stereocenters. The Hall–Kier alpha value is -0.770. The van der Waals surface area contributed by atoms with E-state index in [1.54, 1.807) is 0 Å². The van der Waals surface area contributed by atoms with Crippen molar-refractivity contribution in [2.24, 2.45) is 0 Å². The van der Waals surface area contributed by atoms with E-state index in [1.807, 2.05) is 25.1 Å². The van der Waals surface area contributed by atoms with Crippen molar-refractivity contribution in [1.29, 1.82) is 0 Å². The summed E-state index contributed by atoms with van der Waals surface area (Å²) in [5.41, 5.74) is 7.52. The van der Waals surface area contributed by atoms with Crippen LogP contribution in [0.4, 0.5) is 5.13 Å². The predicted octanol–water partition coefficient (Wildman–Crippen LogP) is 3.93. The Morgan fingerprint density at radius 3 is 2.44 bits per heavy atom. The quantitative estimate of drug-likeness (QED) is 0.900. The maximum atomic E-state index is 6.11. The van der Waals surface area contributed by atoms with Gasteiger partial charge in [-0.05, 0) is 24.6 Å². The molecule has 0 radical (unpaired) electrons. The second-order valence-corrected chi connectivity index (χ2v) is 5.37. The molecule has 0 fully saturated rings. The first kappa shape index (κ1) is 11.7. The summed E-state index contributed by atoms with van der Waals surface area (Å²) < 4.78 is 0. The maximum absolute atomic E-state index is 6.11. The Labute approximate surface area is 108 Å². The van der Waals surface area contributed by atoms with Crippen molar-refractivity contribution >= 4 is 39.7 Å². The van der Waals surface area contributed by atoms with E-state index in [0.29, 0.717) is 21.6 Å². The van der Waals surface area contributed by atoms with E-state index in [2.05, 4.69) is 4.98 Å². The number of nitrogens with two attached hydrogens (primary N) is 1. The molecular formula is C11H10Cl2N2S. The van der Waals surface area contributed by atoms with Crippen molar-refractivity contribution in [1.82, 2.24) is 4.98 Å². The normalized spacial score (nSPS) is 10.7. The highest BCUT2D eigenvalue weighted by Crippen LogP contribution is 2.30. The van der Waals surface area contributed by atoms with E-state index in [1.165, 1.54) is 11.3 Å². The van der Waals surface area contributed by atoms with Gasteiger partial charge in [0.2, 0.25) is 0 Å². The Balaban J connectivity index is 2.37. The molecule has 2 N–H and O–H groups in total. The van der Waals surface area contributed by atoms with Crippen molar-refractivity contribution < 1.29 is 0 Å². The lowest BCUT2D eigenvalue weighted by Gasteiger charge is -2.05. The third kappa shape index (κ3) is 2.32. The van der Waals surface area contributed by atoms with Crippen LogP contribution in [0.1, 0.15) is 16.1 Å². The zero-order valence-corrected chi connectivity index (χ0v) is 11.0. The van der Waals surface area contributed by atoms with Crippen LogP contribution in [-0.2, 0) is 6.42 Å². The lowest BCUT2D eigenvalue weighted by Crippen LogP contribution is -1.90. The minimum absolute atomic E-state index is 0.579. The minimum Gasteiger partial charge on any atom is -0.375 e. The van der Waals surface area contributed by atoms with Crippen LogP contribution in [0.25, 0.3) is 0 Å². The summed E-state index contributed by atoms with van der Waals surface area (Å²) in [4.78, 5) is 5.28. The fraction of sp³-hybridized carbons (Fsp3) is 0.182. The summed E-state index contributed by atoms with van der Waals surface area (Å²) in [6, 6.07) is 5.51. The zero-order valence-electron chi connectivity index (χ0n) is 8.63. The molecule has 0 unspecified atom stereocenters. The highest BCUT2D eigenvalue weighted by molar-refractivity contribution is 7.15. The lowest BCUT2D eigenvalue weighted by molar-refractivity contribution is 1.15. The second-order valence-electron chi connectivity index (χ2n) is 3.44. The Kier molecular flexibility index (Phi) is 3.38. The van der Waals surface area contributed by atoms with Gasteiger partial charge in [0.15, 0.2) is 5.13 Å². The molecule has 5 heteroatoms. The van der Waals surface area contributed by atoms with E-state index < -0.39 is 0 Å². The molecular weight excluding hydrogens is 263 g/mol. The number of nitrogen functional groups attached to an aromatic ring is 1. The molecule has 2 rings (SSSR count). The summed E-state index contributed by atoms with van der Waals surface area (Å²) in [6.45, 7) is 1.94. The molecule has 1 aromatic heterocycles. The van der Waals surface area contributed by atoms with Crippen LogP contribution in [0.3, 0.4) is 0 Å². The van der Waals surface area contributed by atoms with Gasteiger partial charge in [0.05, 0.1) is 5.69 Å². The van der Waals surface area contributed by atoms with Gasteiger partial charge < -0.3 is 5.73 Å². The van der Waals surface area contributed by atoms with Gasteiger partial charge in [-0.1, -0.05) is 29.3 Å². The van der Waals surface area contributed by atoms with Crippen molar-refractivity contribution in [3.63, 3.8) is 0 Å². The maximum Gasteiger partial charge on any atom is 0.180 e. The molecule has 0 aliphatic carbocycles. The van der Waals surface area contributed by atoms with Gasteiger partial charge in [-0.15, -0.1) is 11.3 Å². The monoisotopic (exact) mass is 272 g/mol. The molecule has 2 nitrogen and oxygen atoms in total. The summed E-state index contributed by atoms with van der Waals surface area (Å²) in [5.74, 6) is 0. The number of hydrogen-bond donors (Lipinski definition) is 1. The van der Waals surface area contributed by atoms with Crippen molar-refractivity contribution in [3.8, 4) is 0 Å². The van der Waals surface area contributed by atoms with Gasteiger partial charge in [-0.2, -0.15) is 0 Å². The summed E-state index contributed by atoms with van der Waals surface area (Å²) >= 11 is 13.7. The van der Waals surface area contributed by atoms with Gasteiger partial charge in [0.25, 0.3) is 0 Å². The highest BCUT2D eigenvalue weighted by atomic mass is 35.5. The molecule has 1 heterocycles. The van der Waals surface area contributed by atoms with Gasteiger partial charge in [0.1, 0.15) is 0 Å². The molecule has 0 saturated heterocycles. The molecule has 0 aliphatic rings. The number of aromatic nitrogens is 1. The van der Waals surface area contributed by atoms with Crippen LogP contribution >= 0.6 is 34.5 Å². The van der Waals surface area contributed by atoms with Crippen LogP contribution in [-0.4, -0.2) is 4.98 Å². The molecule has 1 aromatic carbocycles. The van der Waals surface area contributed by atoms with Crippen LogP contribution in [0.15, 0.2) is 18.2 Å². The number of hydrogen-bond acceptors (Lipinski definition) is 3. The first-order chi connectivity index (χ1) is 7.58. The number of nitrogens with zero attached hydrogens (tertiary/aromatic N) is 1.